The van der Waals surface area contributed by atoms with E-state index >= 15 is 0 Å². The highest BCUT2D eigenvalue weighted by atomic mass is 16.6. The quantitative estimate of drug-likeness (QED) is 0.593. The molecular weight excluding hydrogens is 282 g/mol. The summed E-state index contributed by atoms with van der Waals surface area (Å²) in [4.78, 5) is 29.1. The Hall–Kier alpha value is -3.28. The highest BCUT2D eigenvalue weighted by Gasteiger charge is 2.19. The zero-order chi connectivity index (χ0) is 15.5. The first kappa shape index (κ1) is 13.7. The third kappa shape index (κ3) is 2.49. The van der Waals surface area contributed by atoms with Gasteiger partial charge in [-0.3, -0.25) is 19.9 Å². The van der Waals surface area contributed by atoms with Gasteiger partial charge in [-0.2, -0.15) is 0 Å². The summed E-state index contributed by atoms with van der Waals surface area (Å²) in [5.41, 5.74) is 1.10. The lowest BCUT2D eigenvalue weighted by atomic mass is 10.0. The number of pyridine rings is 2. The van der Waals surface area contributed by atoms with Crippen molar-refractivity contribution in [3.63, 3.8) is 0 Å². The van der Waals surface area contributed by atoms with Crippen LogP contribution < -0.4 is 5.56 Å². The Morgan fingerprint density at radius 2 is 1.77 bits per heavy atom. The zero-order valence-electron chi connectivity index (χ0n) is 11.4. The van der Waals surface area contributed by atoms with Gasteiger partial charge in [0.2, 0.25) is 0 Å². The zero-order valence-corrected chi connectivity index (χ0v) is 11.4. The van der Waals surface area contributed by atoms with Crippen molar-refractivity contribution in [2.24, 2.45) is 0 Å². The fourth-order valence-corrected chi connectivity index (χ4v) is 2.21. The van der Waals surface area contributed by atoms with E-state index in [1.165, 1.54) is 6.07 Å². The molecule has 0 bridgehead atoms. The maximum atomic E-state index is 11.9. The Balaban J connectivity index is 2.32. The fraction of sp³-hybridized carbons (Fsp3) is 0. The molecule has 6 nitrogen and oxygen atoms in total. The molecule has 1 N–H and O–H groups in total. The van der Waals surface area contributed by atoms with Crippen LogP contribution in [-0.2, 0) is 0 Å². The van der Waals surface area contributed by atoms with Crippen LogP contribution in [-0.4, -0.2) is 14.9 Å². The van der Waals surface area contributed by atoms with Crippen LogP contribution in [0, 0.1) is 10.1 Å². The van der Waals surface area contributed by atoms with E-state index in [0.29, 0.717) is 17.0 Å². The number of nitro groups is 1. The van der Waals surface area contributed by atoms with E-state index in [4.69, 9.17) is 0 Å². The number of aromatic nitrogens is 2. The van der Waals surface area contributed by atoms with Crippen molar-refractivity contribution in [2.75, 3.05) is 0 Å². The van der Waals surface area contributed by atoms with Gasteiger partial charge in [-0.15, -0.1) is 0 Å². The van der Waals surface area contributed by atoms with Crippen molar-refractivity contribution in [3.8, 4) is 22.5 Å². The maximum absolute atomic E-state index is 11.9. The molecule has 3 rings (SSSR count). The van der Waals surface area contributed by atoms with Crippen molar-refractivity contribution in [1.82, 2.24) is 9.97 Å². The molecule has 0 radical (unpaired) electrons. The second-order valence-electron chi connectivity index (χ2n) is 4.61. The van der Waals surface area contributed by atoms with Gasteiger partial charge < -0.3 is 4.98 Å². The summed E-state index contributed by atoms with van der Waals surface area (Å²) in [6.07, 6.45) is 1.60. The van der Waals surface area contributed by atoms with Crippen molar-refractivity contribution in [1.29, 1.82) is 0 Å². The summed E-state index contributed by atoms with van der Waals surface area (Å²) in [7, 11) is 0. The van der Waals surface area contributed by atoms with Crippen LogP contribution in [0.1, 0.15) is 0 Å². The molecule has 0 fully saturated rings. The molecule has 0 unspecified atom stereocenters. The number of rotatable bonds is 3. The van der Waals surface area contributed by atoms with Crippen molar-refractivity contribution in [2.45, 2.75) is 0 Å². The fourth-order valence-electron chi connectivity index (χ4n) is 2.21. The summed E-state index contributed by atoms with van der Waals surface area (Å²) < 4.78 is 0. The molecule has 0 saturated carbocycles. The van der Waals surface area contributed by atoms with E-state index in [1.54, 1.807) is 24.4 Å². The van der Waals surface area contributed by atoms with Gasteiger partial charge in [0.25, 0.3) is 0 Å². The molecule has 3 aromatic rings. The number of aromatic amines is 1. The van der Waals surface area contributed by atoms with Gasteiger partial charge in [-0.25, -0.2) is 0 Å². The van der Waals surface area contributed by atoms with Crippen LogP contribution in [0.25, 0.3) is 22.5 Å². The lowest BCUT2D eigenvalue weighted by Gasteiger charge is -2.09. The highest BCUT2D eigenvalue weighted by Crippen LogP contribution is 2.29. The standard InChI is InChI=1S/C16H11N3O3/c20-16-14(19(21)22)10-12(13-8-4-5-9-17-13)15(18-16)11-6-2-1-3-7-11/h1-10H,(H,18,20). The lowest BCUT2D eigenvalue weighted by Crippen LogP contribution is -2.13. The van der Waals surface area contributed by atoms with Gasteiger partial charge in [-0.1, -0.05) is 36.4 Å². The minimum absolute atomic E-state index is 0.500. The number of nitrogens with zero attached hydrogens (tertiary/aromatic N) is 2. The smallest absolute Gasteiger partial charge is 0.315 e. The molecule has 0 aliphatic carbocycles. The minimum Gasteiger partial charge on any atom is -0.315 e. The molecule has 2 heterocycles. The number of benzene rings is 1. The largest absolute Gasteiger partial charge is 0.334 e. The predicted molar refractivity (Wildman–Crippen MR) is 82.4 cm³/mol. The highest BCUT2D eigenvalue weighted by molar-refractivity contribution is 5.80. The van der Waals surface area contributed by atoms with E-state index in [1.807, 2.05) is 30.3 Å². The Kier molecular flexibility index (Phi) is 3.49. The number of hydrogen-bond acceptors (Lipinski definition) is 4. The second-order valence-corrected chi connectivity index (χ2v) is 4.61. The maximum Gasteiger partial charge on any atom is 0.334 e. The first-order valence-electron chi connectivity index (χ1n) is 6.55. The van der Waals surface area contributed by atoms with E-state index in [2.05, 4.69) is 9.97 Å². The van der Waals surface area contributed by atoms with Gasteiger partial charge >= 0.3 is 11.2 Å². The van der Waals surface area contributed by atoms with Gasteiger partial charge in [0.1, 0.15) is 0 Å². The van der Waals surface area contributed by atoms with Crippen LogP contribution in [0.4, 0.5) is 5.69 Å². The van der Waals surface area contributed by atoms with Crippen LogP contribution in [0.5, 0.6) is 0 Å². The molecule has 108 valence electrons. The third-order valence-corrected chi connectivity index (χ3v) is 3.22. The molecule has 22 heavy (non-hydrogen) atoms. The molecule has 0 aliphatic heterocycles. The minimum atomic E-state index is -0.733. The number of H-pyrrole nitrogens is 1. The molecular formula is C16H11N3O3. The molecule has 0 atom stereocenters. The predicted octanol–water partition coefficient (Wildman–Crippen LogP) is 3.01. The Morgan fingerprint density at radius 3 is 2.41 bits per heavy atom. The summed E-state index contributed by atoms with van der Waals surface area (Å²) in [6.45, 7) is 0. The van der Waals surface area contributed by atoms with Crippen LogP contribution in [0.3, 0.4) is 0 Å². The molecule has 0 spiro atoms. The van der Waals surface area contributed by atoms with Crippen LogP contribution in [0.2, 0.25) is 0 Å². The van der Waals surface area contributed by atoms with Crippen LogP contribution in [0.15, 0.2) is 65.6 Å². The van der Waals surface area contributed by atoms with Gasteiger partial charge in [0.05, 0.1) is 16.3 Å². The summed E-state index contributed by atoms with van der Waals surface area (Å²) in [5.74, 6) is 0. The Labute approximate surface area is 125 Å². The van der Waals surface area contributed by atoms with E-state index in [9.17, 15) is 14.9 Å². The van der Waals surface area contributed by atoms with Crippen molar-refractivity contribution in [3.05, 3.63) is 81.3 Å². The molecule has 6 heteroatoms. The van der Waals surface area contributed by atoms with Crippen LogP contribution >= 0.6 is 0 Å². The van der Waals surface area contributed by atoms with E-state index in [0.717, 1.165) is 5.56 Å². The summed E-state index contributed by atoms with van der Waals surface area (Å²) in [6, 6.07) is 15.7. The van der Waals surface area contributed by atoms with E-state index in [-0.39, 0.29) is 0 Å². The normalized spacial score (nSPS) is 10.4. The second kappa shape index (κ2) is 5.61. The summed E-state index contributed by atoms with van der Waals surface area (Å²) in [5, 5.41) is 11.0. The van der Waals surface area contributed by atoms with Gasteiger partial charge in [0.15, 0.2) is 0 Å². The molecule has 2 aromatic heterocycles. The summed E-state index contributed by atoms with van der Waals surface area (Å²) >= 11 is 0. The molecule has 0 aliphatic rings. The average molecular weight is 293 g/mol. The first-order valence-corrected chi connectivity index (χ1v) is 6.55. The molecule has 0 saturated heterocycles. The van der Waals surface area contributed by atoms with Crippen molar-refractivity contribution >= 4 is 5.69 Å². The molecule has 1 aromatic carbocycles. The lowest BCUT2D eigenvalue weighted by molar-refractivity contribution is -0.386. The topological polar surface area (TPSA) is 88.9 Å². The molecule has 0 amide bonds. The Morgan fingerprint density at radius 1 is 1.05 bits per heavy atom. The SMILES string of the molecule is O=c1[nH]c(-c2ccccc2)c(-c2ccccn2)cc1[N+](=O)[O-]. The van der Waals surface area contributed by atoms with E-state index < -0.39 is 16.2 Å². The number of nitrogens with one attached hydrogen (secondary N) is 1. The van der Waals surface area contributed by atoms with Gasteiger partial charge in [-0.05, 0) is 17.7 Å². The van der Waals surface area contributed by atoms with Gasteiger partial charge in [0, 0.05) is 17.8 Å². The monoisotopic (exact) mass is 293 g/mol. The number of hydrogen-bond donors (Lipinski definition) is 1. The van der Waals surface area contributed by atoms with Crippen molar-refractivity contribution < 1.29 is 4.92 Å². The average Bonchev–Trinajstić information content (AvgIpc) is 2.56. The Bertz CT molecular complexity index is 874. The third-order valence-electron chi connectivity index (χ3n) is 3.22. The first-order chi connectivity index (χ1) is 10.7.